The van der Waals surface area contributed by atoms with Gasteiger partial charge in [-0.2, -0.15) is 0 Å². The third-order valence-electron chi connectivity index (χ3n) is 4.05. The van der Waals surface area contributed by atoms with Gasteiger partial charge in [0.1, 0.15) is 0 Å². The Morgan fingerprint density at radius 1 is 1.00 bits per heavy atom. The SMILES string of the molecule is CC(C)c1ccc(C(NN)C2=CCCCCC2)cc1. The highest BCUT2D eigenvalue weighted by molar-refractivity contribution is 5.32. The second-order valence-corrected chi connectivity index (χ2v) is 5.80. The van der Waals surface area contributed by atoms with E-state index in [0.29, 0.717) is 5.92 Å². The van der Waals surface area contributed by atoms with Gasteiger partial charge in [0.15, 0.2) is 0 Å². The quantitative estimate of drug-likeness (QED) is 0.482. The summed E-state index contributed by atoms with van der Waals surface area (Å²) in [4.78, 5) is 0. The van der Waals surface area contributed by atoms with Crippen molar-refractivity contribution in [1.29, 1.82) is 0 Å². The maximum absolute atomic E-state index is 5.79. The maximum atomic E-state index is 5.79. The van der Waals surface area contributed by atoms with E-state index in [1.54, 1.807) is 0 Å². The van der Waals surface area contributed by atoms with Crippen molar-refractivity contribution in [2.24, 2.45) is 5.84 Å². The highest BCUT2D eigenvalue weighted by Crippen LogP contribution is 2.29. The first-order chi connectivity index (χ1) is 9.22. The van der Waals surface area contributed by atoms with Gasteiger partial charge in [0.2, 0.25) is 0 Å². The molecule has 0 saturated carbocycles. The van der Waals surface area contributed by atoms with Crippen LogP contribution in [0, 0.1) is 0 Å². The second kappa shape index (κ2) is 6.88. The van der Waals surface area contributed by atoms with Gasteiger partial charge in [-0.05, 0) is 42.7 Å². The molecule has 0 spiro atoms. The summed E-state index contributed by atoms with van der Waals surface area (Å²) in [6.45, 7) is 4.45. The van der Waals surface area contributed by atoms with Crippen LogP contribution < -0.4 is 11.3 Å². The lowest BCUT2D eigenvalue weighted by atomic mass is 9.93. The van der Waals surface area contributed by atoms with Crippen molar-refractivity contribution in [3.8, 4) is 0 Å². The summed E-state index contributed by atoms with van der Waals surface area (Å²) in [6.07, 6.45) is 8.68. The monoisotopic (exact) mass is 258 g/mol. The molecule has 0 bridgehead atoms. The first-order valence-corrected chi connectivity index (χ1v) is 7.47. The number of nitrogens with one attached hydrogen (secondary N) is 1. The predicted octanol–water partition coefficient (Wildman–Crippen LogP) is 4.20. The van der Waals surface area contributed by atoms with Crippen LogP contribution in [-0.2, 0) is 0 Å². The van der Waals surface area contributed by atoms with E-state index in [9.17, 15) is 0 Å². The number of hydrazine groups is 1. The Labute approximate surface area is 117 Å². The van der Waals surface area contributed by atoms with Crippen molar-refractivity contribution in [2.45, 2.75) is 57.9 Å². The van der Waals surface area contributed by atoms with Gasteiger partial charge < -0.3 is 0 Å². The van der Waals surface area contributed by atoms with E-state index in [0.717, 1.165) is 0 Å². The molecule has 2 rings (SSSR count). The minimum absolute atomic E-state index is 0.180. The number of benzene rings is 1. The summed E-state index contributed by atoms with van der Waals surface area (Å²) in [5, 5.41) is 0. The van der Waals surface area contributed by atoms with Crippen LogP contribution in [0.5, 0.6) is 0 Å². The van der Waals surface area contributed by atoms with Crippen LogP contribution in [0.25, 0.3) is 0 Å². The predicted molar refractivity (Wildman–Crippen MR) is 81.8 cm³/mol. The molecular weight excluding hydrogens is 232 g/mol. The van der Waals surface area contributed by atoms with E-state index in [1.807, 2.05) is 0 Å². The van der Waals surface area contributed by atoms with Gasteiger partial charge in [-0.25, -0.2) is 5.43 Å². The fourth-order valence-corrected chi connectivity index (χ4v) is 2.79. The molecule has 2 nitrogen and oxygen atoms in total. The fourth-order valence-electron chi connectivity index (χ4n) is 2.79. The number of allylic oxidation sites excluding steroid dienone is 1. The zero-order valence-corrected chi connectivity index (χ0v) is 12.2. The lowest BCUT2D eigenvalue weighted by Gasteiger charge is -2.20. The Kier molecular flexibility index (Phi) is 5.17. The Morgan fingerprint density at radius 3 is 2.32 bits per heavy atom. The summed E-state index contributed by atoms with van der Waals surface area (Å²) in [5.41, 5.74) is 7.11. The topological polar surface area (TPSA) is 38.0 Å². The van der Waals surface area contributed by atoms with Crippen molar-refractivity contribution < 1.29 is 0 Å². The molecule has 0 heterocycles. The molecule has 2 heteroatoms. The van der Waals surface area contributed by atoms with Crippen LogP contribution in [0.4, 0.5) is 0 Å². The minimum atomic E-state index is 0.180. The molecule has 0 fully saturated rings. The largest absolute Gasteiger partial charge is 0.271 e. The zero-order valence-electron chi connectivity index (χ0n) is 12.2. The van der Waals surface area contributed by atoms with Crippen LogP contribution in [0.3, 0.4) is 0 Å². The second-order valence-electron chi connectivity index (χ2n) is 5.80. The molecule has 0 aromatic heterocycles. The van der Waals surface area contributed by atoms with Crippen LogP contribution in [0.15, 0.2) is 35.9 Å². The summed E-state index contributed by atoms with van der Waals surface area (Å²) < 4.78 is 0. The third kappa shape index (κ3) is 3.68. The Balaban J connectivity index is 2.18. The van der Waals surface area contributed by atoms with E-state index in [1.165, 1.54) is 48.8 Å². The Hall–Kier alpha value is -1.12. The van der Waals surface area contributed by atoms with Gasteiger partial charge in [0.05, 0.1) is 6.04 Å². The smallest absolute Gasteiger partial charge is 0.0670 e. The fraction of sp³-hybridized carbons (Fsp3) is 0.529. The molecule has 104 valence electrons. The molecule has 1 aromatic carbocycles. The first-order valence-electron chi connectivity index (χ1n) is 7.47. The lowest BCUT2D eigenvalue weighted by molar-refractivity contribution is 0.592. The Bertz CT molecular complexity index is 417. The molecule has 3 N–H and O–H groups in total. The zero-order chi connectivity index (χ0) is 13.7. The van der Waals surface area contributed by atoms with Crippen LogP contribution in [0.1, 0.15) is 69.0 Å². The molecule has 1 aliphatic carbocycles. The summed E-state index contributed by atoms with van der Waals surface area (Å²) in [7, 11) is 0. The molecule has 19 heavy (non-hydrogen) atoms. The van der Waals surface area contributed by atoms with Crippen LogP contribution >= 0.6 is 0 Å². The average Bonchev–Trinajstić information content (AvgIpc) is 2.69. The van der Waals surface area contributed by atoms with Gasteiger partial charge in [0.25, 0.3) is 0 Å². The van der Waals surface area contributed by atoms with Crippen molar-refractivity contribution in [3.05, 3.63) is 47.0 Å². The first kappa shape index (κ1) is 14.3. The van der Waals surface area contributed by atoms with Crippen molar-refractivity contribution in [1.82, 2.24) is 5.43 Å². The van der Waals surface area contributed by atoms with Crippen molar-refractivity contribution in [3.63, 3.8) is 0 Å². The summed E-state index contributed by atoms with van der Waals surface area (Å²) in [6, 6.07) is 9.06. The number of hydrogen-bond donors (Lipinski definition) is 2. The van der Waals surface area contributed by atoms with Crippen molar-refractivity contribution >= 4 is 0 Å². The molecule has 1 unspecified atom stereocenters. The van der Waals surface area contributed by atoms with Gasteiger partial charge in [-0.1, -0.05) is 56.2 Å². The van der Waals surface area contributed by atoms with E-state index >= 15 is 0 Å². The maximum Gasteiger partial charge on any atom is 0.0670 e. The van der Waals surface area contributed by atoms with Crippen LogP contribution in [-0.4, -0.2) is 0 Å². The molecule has 0 saturated heterocycles. The molecule has 1 atom stereocenters. The number of hydrogen-bond acceptors (Lipinski definition) is 2. The third-order valence-corrected chi connectivity index (χ3v) is 4.05. The highest BCUT2D eigenvalue weighted by Gasteiger charge is 2.16. The van der Waals surface area contributed by atoms with Gasteiger partial charge in [0, 0.05) is 0 Å². The average molecular weight is 258 g/mol. The highest BCUT2D eigenvalue weighted by atomic mass is 15.2. The molecular formula is C17H26N2. The van der Waals surface area contributed by atoms with Crippen LogP contribution in [0.2, 0.25) is 0 Å². The van der Waals surface area contributed by atoms with Gasteiger partial charge in [-0.3, -0.25) is 5.84 Å². The lowest BCUT2D eigenvalue weighted by Crippen LogP contribution is -2.29. The van der Waals surface area contributed by atoms with E-state index in [4.69, 9.17) is 5.84 Å². The van der Waals surface area contributed by atoms with E-state index in [2.05, 4.69) is 49.6 Å². The van der Waals surface area contributed by atoms with E-state index in [-0.39, 0.29) is 6.04 Å². The van der Waals surface area contributed by atoms with Crippen molar-refractivity contribution in [2.75, 3.05) is 0 Å². The summed E-state index contributed by atoms with van der Waals surface area (Å²) >= 11 is 0. The molecule has 1 aromatic rings. The molecule has 0 aliphatic heterocycles. The molecule has 0 amide bonds. The standard InChI is InChI=1S/C17H26N2/c1-13(2)14-9-11-16(12-10-14)17(19-18)15-7-5-3-4-6-8-15/h7,9-13,17,19H,3-6,8,18H2,1-2H3. The molecule has 0 radical (unpaired) electrons. The van der Waals surface area contributed by atoms with Gasteiger partial charge in [-0.15, -0.1) is 0 Å². The Morgan fingerprint density at radius 2 is 1.68 bits per heavy atom. The summed E-state index contributed by atoms with van der Waals surface area (Å²) in [5.74, 6) is 6.37. The van der Waals surface area contributed by atoms with Gasteiger partial charge >= 0.3 is 0 Å². The number of nitrogens with two attached hydrogens (primary N) is 1. The normalized spacial score (nSPS) is 18.0. The molecule has 1 aliphatic rings. The number of rotatable bonds is 4. The van der Waals surface area contributed by atoms with E-state index < -0.39 is 0 Å². The minimum Gasteiger partial charge on any atom is -0.271 e.